The van der Waals surface area contributed by atoms with E-state index in [4.69, 9.17) is 9.47 Å². The van der Waals surface area contributed by atoms with Gasteiger partial charge in [0.2, 0.25) is 5.82 Å². The number of carbonyl (C=O) groups is 1. The molecule has 28 heavy (non-hydrogen) atoms. The topological polar surface area (TPSA) is 112 Å². The molecule has 1 aromatic heterocycles. The lowest BCUT2D eigenvalue weighted by molar-refractivity contribution is -0.384. The molecule has 2 aliphatic rings. The van der Waals surface area contributed by atoms with Crippen molar-refractivity contribution in [3.8, 4) is 0 Å². The highest BCUT2D eigenvalue weighted by Gasteiger charge is 2.56. The standard InChI is InChI=1S/C18H29N5O5/c1-17(2,3)28-16(24)20-14-13(27-5)6-9-22(11-18(14)7-8-18)15-12(23(25)26)10-19-21(15)4/h10,13-14H,6-9,11H2,1-5H3,(H,20,24). The largest absolute Gasteiger partial charge is 0.444 e. The van der Waals surface area contributed by atoms with Gasteiger partial charge in [-0.25, -0.2) is 9.48 Å². The zero-order valence-electron chi connectivity index (χ0n) is 17.1. The SMILES string of the molecule is COC1CCN(c2c([N+](=O)[O-])cnn2C)CC2(CC2)C1NC(=O)OC(C)(C)C. The van der Waals surface area contributed by atoms with Gasteiger partial charge in [-0.1, -0.05) is 0 Å². The van der Waals surface area contributed by atoms with Gasteiger partial charge in [-0.3, -0.25) is 10.1 Å². The Balaban J connectivity index is 1.85. The second-order valence-electron chi connectivity index (χ2n) is 8.70. The number of aromatic nitrogens is 2. The molecule has 3 rings (SSSR count). The fraction of sp³-hybridized carbons (Fsp3) is 0.778. The van der Waals surface area contributed by atoms with Crippen molar-refractivity contribution < 1.29 is 19.2 Å². The van der Waals surface area contributed by atoms with Crippen molar-refractivity contribution in [3.05, 3.63) is 16.3 Å². The number of hydrogen-bond acceptors (Lipinski definition) is 7. The minimum atomic E-state index is -0.588. The van der Waals surface area contributed by atoms with Crippen LogP contribution in [0.5, 0.6) is 0 Å². The molecule has 2 heterocycles. The first-order valence-electron chi connectivity index (χ1n) is 9.50. The number of carbonyl (C=O) groups excluding carboxylic acids is 1. The minimum Gasteiger partial charge on any atom is -0.444 e. The first kappa shape index (κ1) is 20.4. The number of ether oxygens (including phenoxy) is 2. The summed E-state index contributed by atoms with van der Waals surface area (Å²) in [6, 6.07) is -0.218. The van der Waals surface area contributed by atoms with Crippen molar-refractivity contribution in [1.82, 2.24) is 15.1 Å². The van der Waals surface area contributed by atoms with Gasteiger partial charge in [-0.05, 0) is 40.0 Å². The normalized spacial score (nSPS) is 24.0. The Bertz CT molecular complexity index is 752. The molecule has 1 aliphatic heterocycles. The van der Waals surface area contributed by atoms with E-state index in [1.807, 2.05) is 25.7 Å². The van der Waals surface area contributed by atoms with Gasteiger partial charge in [-0.2, -0.15) is 5.10 Å². The predicted molar refractivity (Wildman–Crippen MR) is 102 cm³/mol. The van der Waals surface area contributed by atoms with Crippen LogP contribution in [-0.4, -0.2) is 58.7 Å². The van der Waals surface area contributed by atoms with E-state index >= 15 is 0 Å². The average molecular weight is 395 g/mol. The molecule has 1 saturated heterocycles. The average Bonchev–Trinajstić information content (AvgIpc) is 3.28. The molecule has 1 aromatic rings. The second-order valence-corrected chi connectivity index (χ2v) is 8.70. The number of amides is 1. The van der Waals surface area contributed by atoms with Crippen molar-refractivity contribution >= 4 is 17.6 Å². The Labute approximate surface area is 164 Å². The van der Waals surface area contributed by atoms with Gasteiger partial charge in [0, 0.05) is 32.7 Å². The van der Waals surface area contributed by atoms with E-state index in [1.165, 1.54) is 10.9 Å². The number of anilines is 1. The van der Waals surface area contributed by atoms with Crippen LogP contribution in [0.4, 0.5) is 16.3 Å². The van der Waals surface area contributed by atoms with Gasteiger partial charge in [0.05, 0.1) is 17.1 Å². The van der Waals surface area contributed by atoms with Crippen molar-refractivity contribution in [3.63, 3.8) is 0 Å². The smallest absolute Gasteiger partial charge is 0.407 e. The molecule has 156 valence electrons. The Morgan fingerprint density at radius 3 is 2.64 bits per heavy atom. The molecular weight excluding hydrogens is 366 g/mol. The Kier molecular flexibility index (Phi) is 5.26. The van der Waals surface area contributed by atoms with E-state index in [9.17, 15) is 14.9 Å². The highest BCUT2D eigenvalue weighted by molar-refractivity contribution is 5.68. The van der Waals surface area contributed by atoms with Gasteiger partial charge >= 0.3 is 11.8 Å². The van der Waals surface area contributed by atoms with E-state index in [1.54, 1.807) is 14.2 Å². The van der Waals surface area contributed by atoms with Crippen molar-refractivity contribution in [2.24, 2.45) is 12.5 Å². The molecule has 10 nitrogen and oxygen atoms in total. The van der Waals surface area contributed by atoms with Crippen LogP contribution in [0.2, 0.25) is 0 Å². The number of hydrogen-bond donors (Lipinski definition) is 1. The van der Waals surface area contributed by atoms with E-state index < -0.39 is 16.6 Å². The Morgan fingerprint density at radius 2 is 2.11 bits per heavy atom. The van der Waals surface area contributed by atoms with Gasteiger partial charge in [-0.15, -0.1) is 0 Å². The maximum absolute atomic E-state index is 12.4. The molecule has 0 bridgehead atoms. The van der Waals surface area contributed by atoms with E-state index in [0.717, 1.165) is 12.8 Å². The van der Waals surface area contributed by atoms with Crippen molar-refractivity contribution in [1.29, 1.82) is 0 Å². The van der Waals surface area contributed by atoms with Crippen LogP contribution in [-0.2, 0) is 16.5 Å². The predicted octanol–water partition coefficient (Wildman–Crippen LogP) is 2.23. The summed E-state index contributed by atoms with van der Waals surface area (Å²) in [6.07, 6.45) is 3.06. The third-order valence-electron chi connectivity index (χ3n) is 5.47. The molecule has 2 unspecified atom stereocenters. The number of rotatable bonds is 4. The molecule has 1 amide bonds. The summed E-state index contributed by atoms with van der Waals surface area (Å²) in [5.41, 5.74) is -0.799. The molecule has 1 aliphatic carbocycles. The number of aryl methyl sites for hydroxylation is 1. The van der Waals surface area contributed by atoms with Crippen LogP contribution in [0.15, 0.2) is 6.20 Å². The molecule has 2 atom stereocenters. The summed E-state index contributed by atoms with van der Waals surface area (Å²) in [4.78, 5) is 25.4. The Hall–Kier alpha value is -2.36. The lowest BCUT2D eigenvalue weighted by atomic mass is 9.91. The highest BCUT2D eigenvalue weighted by atomic mass is 16.6. The molecule has 2 fully saturated rings. The summed E-state index contributed by atoms with van der Waals surface area (Å²) in [7, 11) is 3.34. The van der Waals surface area contributed by atoms with Crippen molar-refractivity contribution in [2.75, 3.05) is 25.1 Å². The van der Waals surface area contributed by atoms with Gasteiger partial charge in [0.1, 0.15) is 11.8 Å². The van der Waals surface area contributed by atoms with Crippen LogP contribution in [0.1, 0.15) is 40.0 Å². The van der Waals surface area contributed by atoms with E-state index in [-0.39, 0.29) is 23.2 Å². The maximum Gasteiger partial charge on any atom is 0.407 e. The van der Waals surface area contributed by atoms with Crippen LogP contribution in [0.25, 0.3) is 0 Å². The third kappa shape index (κ3) is 4.06. The first-order chi connectivity index (χ1) is 13.1. The van der Waals surface area contributed by atoms with E-state index in [0.29, 0.717) is 25.3 Å². The van der Waals surface area contributed by atoms with Gasteiger partial charge in [0.25, 0.3) is 0 Å². The number of nitro groups is 1. The second kappa shape index (κ2) is 7.23. The summed E-state index contributed by atoms with van der Waals surface area (Å²) in [5, 5.41) is 18.5. The maximum atomic E-state index is 12.4. The first-order valence-corrected chi connectivity index (χ1v) is 9.50. The molecule has 10 heteroatoms. The lowest BCUT2D eigenvalue weighted by Crippen LogP contribution is -2.52. The van der Waals surface area contributed by atoms with Crippen LogP contribution >= 0.6 is 0 Å². The third-order valence-corrected chi connectivity index (χ3v) is 5.47. The lowest BCUT2D eigenvalue weighted by Gasteiger charge is -2.33. The molecule has 0 radical (unpaired) electrons. The van der Waals surface area contributed by atoms with Gasteiger partial charge < -0.3 is 19.7 Å². The van der Waals surface area contributed by atoms with E-state index in [2.05, 4.69) is 10.4 Å². The number of methoxy groups -OCH3 is 1. The van der Waals surface area contributed by atoms with Crippen LogP contribution in [0.3, 0.4) is 0 Å². The van der Waals surface area contributed by atoms with Crippen molar-refractivity contribution in [2.45, 2.75) is 57.8 Å². The molecule has 0 aromatic carbocycles. The number of nitrogens with one attached hydrogen (secondary N) is 1. The number of alkyl carbamates (subject to hydrolysis) is 1. The number of nitrogens with zero attached hydrogens (tertiary/aromatic N) is 4. The summed E-state index contributed by atoms with van der Waals surface area (Å²) in [6.45, 7) is 6.64. The Morgan fingerprint density at radius 1 is 1.43 bits per heavy atom. The molecule has 1 saturated carbocycles. The zero-order chi connectivity index (χ0) is 20.7. The molecular formula is C18H29N5O5. The fourth-order valence-electron chi connectivity index (χ4n) is 4.06. The minimum absolute atomic E-state index is 0.00850. The van der Waals surface area contributed by atoms with Crippen LogP contribution < -0.4 is 10.2 Å². The molecule has 1 N–H and O–H groups in total. The highest BCUT2D eigenvalue weighted by Crippen LogP contribution is 2.53. The van der Waals surface area contributed by atoms with Gasteiger partial charge in [0.15, 0.2) is 0 Å². The summed E-state index contributed by atoms with van der Waals surface area (Å²) < 4.78 is 12.7. The quantitative estimate of drug-likeness (QED) is 0.614. The molecule has 1 spiro atoms. The summed E-state index contributed by atoms with van der Waals surface area (Å²) >= 11 is 0. The monoisotopic (exact) mass is 395 g/mol. The van der Waals surface area contributed by atoms with Crippen LogP contribution in [0, 0.1) is 15.5 Å². The summed E-state index contributed by atoms with van der Waals surface area (Å²) in [5.74, 6) is 0.490. The fourth-order valence-corrected chi connectivity index (χ4v) is 4.06. The zero-order valence-corrected chi connectivity index (χ0v) is 17.1.